The van der Waals surface area contributed by atoms with E-state index in [0.717, 1.165) is 72.3 Å². The molecule has 6 rings (SSSR count). The molecule has 0 fully saturated rings. The van der Waals surface area contributed by atoms with E-state index in [2.05, 4.69) is 12.1 Å². The number of aliphatic carboxylic acids is 1. The standard InChI is InChI=1S/C11H12O3.C11H14O2.C11H12O2/c1-14-8-4-2-7-3-5-9(11(12)13)10(7)6-8;2*1-13-10-5-4-8-2-3-9(7-12)11(8)6-10/h2,4,6,9H,3,5H2,1H3,(H,12,13);4-6,9,12H,2-3,7H2,1H3;4-7,9H,2-3H2,1H3. The number of carbonyl (C=O) groups is 2. The maximum atomic E-state index is 10.9. The van der Waals surface area contributed by atoms with Crippen LogP contribution >= 0.6 is 0 Å². The van der Waals surface area contributed by atoms with Crippen molar-refractivity contribution in [2.24, 2.45) is 0 Å². The Balaban J connectivity index is 0.000000139. The van der Waals surface area contributed by atoms with E-state index in [9.17, 15) is 9.59 Å². The Morgan fingerprint density at radius 3 is 1.75 bits per heavy atom. The van der Waals surface area contributed by atoms with Crippen LogP contribution in [-0.2, 0) is 28.9 Å². The number of aliphatic hydroxyl groups excluding tert-OH is 1. The fraction of sp³-hybridized carbons (Fsp3) is 0.394. The topological polar surface area (TPSA) is 102 Å². The highest BCUT2D eigenvalue weighted by molar-refractivity contribution is 5.78. The van der Waals surface area contributed by atoms with Crippen molar-refractivity contribution in [3.05, 3.63) is 88.0 Å². The number of aryl methyl sites for hydroxylation is 3. The number of carboxylic acids is 1. The average Bonchev–Trinajstić information content (AvgIpc) is 3.72. The third-order valence-electron chi connectivity index (χ3n) is 8.15. The number of fused-ring (bicyclic) bond motifs is 3. The first-order valence-corrected chi connectivity index (χ1v) is 13.7. The molecule has 0 spiro atoms. The number of ether oxygens (including phenoxy) is 3. The number of benzene rings is 3. The predicted molar refractivity (Wildman–Crippen MR) is 153 cm³/mol. The van der Waals surface area contributed by atoms with Crippen LogP contribution in [-0.4, -0.2) is 50.4 Å². The fourth-order valence-corrected chi connectivity index (χ4v) is 5.83. The van der Waals surface area contributed by atoms with Crippen LogP contribution in [0.3, 0.4) is 0 Å². The molecule has 40 heavy (non-hydrogen) atoms. The van der Waals surface area contributed by atoms with Gasteiger partial charge in [0, 0.05) is 18.4 Å². The second kappa shape index (κ2) is 13.5. The van der Waals surface area contributed by atoms with Gasteiger partial charge in [0.15, 0.2) is 0 Å². The maximum Gasteiger partial charge on any atom is 0.310 e. The van der Waals surface area contributed by atoms with Gasteiger partial charge in [-0.15, -0.1) is 0 Å². The summed E-state index contributed by atoms with van der Waals surface area (Å²) in [5.41, 5.74) is 7.11. The molecule has 3 unspecified atom stereocenters. The fourth-order valence-electron chi connectivity index (χ4n) is 5.83. The summed E-state index contributed by atoms with van der Waals surface area (Å²) in [6.07, 6.45) is 6.72. The molecule has 0 amide bonds. The first kappa shape index (κ1) is 29.2. The molecular weight excluding hydrogens is 508 g/mol. The molecule has 0 aromatic heterocycles. The molecule has 3 aromatic carbocycles. The van der Waals surface area contributed by atoms with Crippen LogP contribution < -0.4 is 14.2 Å². The summed E-state index contributed by atoms with van der Waals surface area (Å²) >= 11 is 0. The molecule has 0 saturated heterocycles. The Labute approximate surface area is 235 Å². The van der Waals surface area contributed by atoms with Crippen LogP contribution in [0.25, 0.3) is 0 Å². The Bertz CT molecular complexity index is 1330. The van der Waals surface area contributed by atoms with E-state index in [4.69, 9.17) is 24.4 Å². The summed E-state index contributed by atoms with van der Waals surface area (Å²) in [5, 5.41) is 18.1. The van der Waals surface area contributed by atoms with Gasteiger partial charge >= 0.3 is 5.97 Å². The summed E-state index contributed by atoms with van der Waals surface area (Å²) in [5.74, 6) is 1.79. The van der Waals surface area contributed by atoms with Crippen molar-refractivity contribution < 1.29 is 34.0 Å². The second-order valence-electron chi connectivity index (χ2n) is 10.3. The van der Waals surface area contributed by atoms with Crippen LogP contribution in [0.4, 0.5) is 0 Å². The molecule has 0 aliphatic heterocycles. The molecule has 3 aliphatic carbocycles. The molecule has 2 N–H and O–H groups in total. The minimum absolute atomic E-state index is 0.0881. The van der Waals surface area contributed by atoms with Crippen LogP contribution in [0.1, 0.15) is 70.4 Å². The van der Waals surface area contributed by atoms with Gasteiger partial charge in [0.05, 0.1) is 27.2 Å². The van der Waals surface area contributed by atoms with Gasteiger partial charge in [0.25, 0.3) is 0 Å². The van der Waals surface area contributed by atoms with E-state index in [1.807, 2.05) is 42.5 Å². The number of aldehydes is 1. The summed E-state index contributed by atoms with van der Waals surface area (Å²) in [7, 11) is 4.91. The van der Waals surface area contributed by atoms with E-state index < -0.39 is 5.97 Å². The zero-order chi connectivity index (χ0) is 28.6. The highest BCUT2D eigenvalue weighted by Gasteiger charge is 2.28. The first-order valence-electron chi connectivity index (χ1n) is 13.7. The SMILES string of the molecule is COc1ccc2c(c1)C(C(=O)O)CC2.COc1ccc2c(c1)C(C=O)CC2.COc1ccc2c(c1)C(CO)CC2. The molecule has 212 valence electrons. The van der Waals surface area contributed by atoms with Crippen molar-refractivity contribution >= 4 is 12.3 Å². The summed E-state index contributed by atoms with van der Waals surface area (Å²) in [6, 6.07) is 17.8. The summed E-state index contributed by atoms with van der Waals surface area (Å²) in [6.45, 7) is 0.250. The summed E-state index contributed by atoms with van der Waals surface area (Å²) in [4.78, 5) is 21.7. The van der Waals surface area contributed by atoms with Crippen LogP contribution in [0.5, 0.6) is 17.2 Å². The molecule has 3 aliphatic rings. The van der Waals surface area contributed by atoms with E-state index in [0.29, 0.717) is 12.3 Å². The number of hydrogen-bond acceptors (Lipinski definition) is 6. The molecule has 3 aromatic rings. The van der Waals surface area contributed by atoms with Crippen molar-refractivity contribution in [1.82, 2.24) is 0 Å². The third kappa shape index (κ3) is 6.48. The van der Waals surface area contributed by atoms with Crippen molar-refractivity contribution in [2.75, 3.05) is 27.9 Å². The Kier molecular flexibility index (Phi) is 9.83. The highest BCUT2D eigenvalue weighted by Crippen LogP contribution is 2.36. The third-order valence-corrected chi connectivity index (χ3v) is 8.15. The Morgan fingerprint density at radius 2 is 1.23 bits per heavy atom. The average molecular weight is 547 g/mol. The van der Waals surface area contributed by atoms with Crippen molar-refractivity contribution in [3.63, 3.8) is 0 Å². The zero-order valence-electron chi connectivity index (χ0n) is 23.4. The zero-order valence-corrected chi connectivity index (χ0v) is 23.4. The van der Waals surface area contributed by atoms with Crippen LogP contribution in [0.2, 0.25) is 0 Å². The highest BCUT2D eigenvalue weighted by atomic mass is 16.5. The normalized spacial score (nSPS) is 19.6. The molecule has 3 atom stereocenters. The monoisotopic (exact) mass is 546 g/mol. The molecule has 0 radical (unpaired) electrons. The van der Waals surface area contributed by atoms with Gasteiger partial charge in [0.1, 0.15) is 23.5 Å². The molecule has 0 bridgehead atoms. The Morgan fingerprint density at radius 1 is 0.750 bits per heavy atom. The van der Waals surface area contributed by atoms with Crippen molar-refractivity contribution in [1.29, 1.82) is 0 Å². The maximum absolute atomic E-state index is 10.9. The summed E-state index contributed by atoms with van der Waals surface area (Å²) < 4.78 is 15.3. The van der Waals surface area contributed by atoms with Crippen molar-refractivity contribution in [3.8, 4) is 17.2 Å². The lowest BCUT2D eigenvalue weighted by Crippen LogP contribution is -2.07. The Hall–Kier alpha value is -3.84. The predicted octanol–water partition coefficient (Wildman–Crippen LogP) is 5.45. The molecular formula is C33H38O7. The largest absolute Gasteiger partial charge is 0.497 e. The number of hydrogen-bond donors (Lipinski definition) is 2. The molecule has 0 heterocycles. The van der Waals surface area contributed by atoms with E-state index >= 15 is 0 Å². The number of carbonyl (C=O) groups excluding carboxylic acids is 1. The van der Waals surface area contributed by atoms with Gasteiger partial charge in [-0.05, 0) is 108 Å². The van der Waals surface area contributed by atoms with E-state index in [1.54, 1.807) is 21.3 Å². The van der Waals surface area contributed by atoms with Gasteiger partial charge in [-0.2, -0.15) is 0 Å². The second-order valence-corrected chi connectivity index (χ2v) is 10.3. The van der Waals surface area contributed by atoms with Gasteiger partial charge in [0.2, 0.25) is 0 Å². The first-order chi connectivity index (χ1) is 19.4. The van der Waals surface area contributed by atoms with Gasteiger partial charge in [-0.3, -0.25) is 4.79 Å². The molecule has 7 nitrogen and oxygen atoms in total. The molecule has 7 heteroatoms. The van der Waals surface area contributed by atoms with Crippen LogP contribution in [0.15, 0.2) is 54.6 Å². The smallest absolute Gasteiger partial charge is 0.310 e. The lowest BCUT2D eigenvalue weighted by molar-refractivity contribution is -0.138. The van der Waals surface area contributed by atoms with Gasteiger partial charge in [-0.1, -0.05) is 18.2 Å². The molecule has 0 saturated carbocycles. The lowest BCUT2D eigenvalue weighted by Gasteiger charge is -2.08. The van der Waals surface area contributed by atoms with E-state index in [-0.39, 0.29) is 18.4 Å². The van der Waals surface area contributed by atoms with Gasteiger partial charge < -0.3 is 29.2 Å². The van der Waals surface area contributed by atoms with Gasteiger partial charge in [-0.25, -0.2) is 0 Å². The number of methoxy groups -OCH3 is 3. The lowest BCUT2D eigenvalue weighted by atomic mass is 10.0. The minimum Gasteiger partial charge on any atom is -0.497 e. The van der Waals surface area contributed by atoms with Crippen molar-refractivity contribution in [2.45, 2.75) is 56.3 Å². The minimum atomic E-state index is -0.739. The quantitative estimate of drug-likeness (QED) is 0.396. The number of rotatable bonds is 6. The van der Waals surface area contributed by atoms with Crippen LogP contribution in [0, 0.1) is 0 Å². The number of aliphatic hydroxyl groups is 1. The van der Waals surface area contributed by atoms with E-state index in [1.165, 1.54) is 16.7 Å². The number of carboxylic acid groups (broad SMARTS) is 1.